The van der Waals surface area contributed by atoms with E-state index < -0.39 is 69.8 Å². The average molecular weight is 535 g/mol. The number of aromatic nitrogens is 1. The summed E-state index contributed by atoms with van der Waals surface area (Å²) >= 11 is 1.53. The van der Waals surface area contributed by atoms with E-state index >= 15 is 0 Å². The second kappa shape index (κ2) is 8.42. The lowest BCUT2D eigenvalue weighted by Crippen LogP contribution is -2.11. The summed E-state index contributed by atoms with van der Waals surface area (Å²) < 4.78 is 71.1. The van der Waals surface area contributed by atoms with E-state index in [-0.39, 0.29) is 9.13 Å². The highest BCUT2D eigenvalue weighted by Gasteiger charge is 2.24. The van der Waals surface area contributed by atoms with Crippen LogP contribution < -0.4 is 11.1 Å². The molecule has 0 fully saturated rings. The largest absolute Gasteiger partial charge is 0.478 e. The van der Waals surface area contributed by atoms with E-state index in [1.807, 2.05) is 0 Å². The monoisotopic (exact) mass is 535 g/mol. The van der Waals surface area contributed by atoms with Crippen LogP contribution >= 0.6 is 22.6 Å². The Morgan fingerprint density at radius 2 is 1.73 bits per heavy atom. The molecule has 1 heterocycles. The predicted octanol–water partition coefficient (Wildman–Crippen LogP) is 5.00. The number of anilines is 3. The molecule has 30 heavy (non-hydrogen) atoms. The van der Waals surface area contributed by atoms with Crippen LogP contribution in [0.25, 0.3) is 0 Å². The molecule has 0 aliphatic rings. The average Bonchev–Trinajstić information content (AvgIpc) is 2.68. The number of nitrogens with zero attached hydrogens (tertiary/aromatic N) is 1. The van der Waals surface area contributed by atoms with Crippen LogP contribution in [0.3, 0.4) is 0 Å². The van der Waals surface area contributed by atoms with Gasteiger partial charge in [0.15, 0.2) is 23.3 Å². The maximum Gasteiger partial charge on any atom is 0.337 e. The minimum atomic E-state index is -1.67. The Balaban J connectivity index is 2.10. The number of aromatic carboxylic acids is 1. The third-order valence-corrected chi connectivity index (χ3v) is 4.99. The molecule has 0 saturated heterocycles. The number of carbonyl (C=O) groups is 1. The highest BCUT2D eigenvalue weighted by Crippen LogP contribution is 2.32. The topological polar surface area (TPSA) is 88.2 Å². The van der Waals surface area contributed by atoms with Gasteiger partial charge < -0.3 is 16.2 Å². The maximum atomic E-state index is 14.7. The Morgan fingerprint density at radius 1 is 1.03 bits per heavy atom. The first kappa shape index (κ1) is 21.7. The molecule has 2 aromatic carbocycles. The molecule has 0 radical (unpaired) electrons. The summed E-state index contributed by atoms with van der Waals surface area (Å²) in [5, 5.41) is 11.5. The van der Waals surface area contributed by atoms with Crippen molar-refractivity contribution in [1.29, 1.82) is 0 Å². The first-order valence-corrected chi connectivity index (χ1v) is 9.22. The van der Waals surface area contributed by atoms with Crippen LogP contribution in [0.15, 0.2) is 30.5 Å². The molecule has 1 aromatic heterocycles. The van der Waals surface area contributed by atoms with Crippen molar-refractivity contribution in [2.45, 2.75) is 6.42 Å². The lowest BCUT2D eigenvalue weighted by Gasteiger charge is -2.15. The van der Waals surface area contributed by atoms with E-state index in [1.54, 1.807) is 0 Å². The molecule has 3 rings (SSSR count). The summed E-state index contributed by atoms with van der Waals surface area (Å²) in [6.07, 6.45) is 0.637. The van der Waals surface area contributed by atoms with E-state index in [4.69, 9.17) is 5.73 Å². The molecule has 0 aliphatic carbocycles. The van der Waals surface area contributed by atoms with Crippen LogP contribution in [0.4, 0.5) is 39.1 Å². The van der Waals surface area contributed by atoms with Crippen LogP contribution in [-0.4, -0.2) is 16.1 Å². The van der Waals surface area contributed by atoms with Gasteiger partial charge in [0.25, 0.3) is 0 Å². The zero-order valence-corrected chi connectivity index (χ0v) is 16.9. The Kier molecular flexibility index (Phi) is 6.10. The van der Waals surface area contributed by atoms with Crippen molar-refractivity contribution in [2.24, 2.45) is 0 Å². The lowest BCUT2D eigenvalue weighted by atomic mass is 10.00. The summed E-state index contributed by atoms with van der Waals surface area (Å²) in [7, 11) is 0. The fraction of sp³-hybridized carbons (Fsp3) is 0.0526. The highest BCUT2D eigenvalue weighted by molar-refractivity contribution is 14.1. The fourth-order valence-electron chi connectivity index (χ4n) is 2.69. The van der Waals surface area contributed by atoms with Gasteiger partial charge in [-0.15, -0.1) is 0 Å². The van der Waals surface area contributed by atoms with Crippen LogP contribution in [0, 0.1) is 32.7 Å². The zero-order chi connectivity index (χ0) is 22.2. The van der Waals surface area contributed by atoms with E-state index in [2.05, 4.69) is 10.3 Å². The number of rotatable bonds is 5. The standard InChI is InChI=1S/C19H11F5IN3O2/c20-10-6-13(11(21)5-12(10)25)28-17-9(19(29)30)4-8(14(22)16(17)24)3-7-1-2-27-18(26)15(7)23/h1-2,4-6,28H,3H2,(H2,26,27)(H,29,30). The van der Waals surface area contributed by atoms with Crippen molar-refractivity contribution in [3.05, 3.63) is 79.8 Å². The first-order valence-electron chi connectivity index (χ1n) is 8.14. The molecule has 156 valence electrons. The molecule has 5 nitrogen and oxygen atoms in total. The van der Waals surface area contributed by atoms with Crippen molar-refractivity contribution >= 4 is 45.8 Å². The summed E-state index contributed by atoms with van der Waals surface area (Å²) in [6, 6.07) is 3.44. The third kappa shape index (κ3) is 4.15. The van der Waals surface area contributed by atoms with Crippen LogP contribution in [0.2, 0.25) is 0 Å². The molecule has 0 amide bonds. The van der Waals surface area contributed by atoms with Crippen LogP contribution in [0.5, 0.6) is 0 Å². The van der Waals surface area contributed by atoms with Gasteiger partial charge in [-0.25, -0.2) is 31.7 Å². The maximum absolute atomic E-state index is 14.7. The van der Waals surface area contributed by atoms with Gasteiger partial charge in [0.2, 0.25) is 0 Å². The number of carboxylic acid groups (broad SMARTS) is 1. The Bertz CT molecular complexity index is 1170. The highest BCUT2D eigenvalue weighted by atomic mass is 127. The molecule has 11 heteroatoms. The molecule has 0 aliphatic heterocycles. The lowest BCUT2D eigenvalue weighted by molar-refractivity contribution is 0.0697. The van der Waals surface area contributed by atoms with E-state index in [9.17, 15) is 31.9 Å². The predicted molar refractivity (Wildman–Crippen MR) is 107 cm³/mol. The second-order valence-corrected chi connectivity index (χ2v) is 7.27. The zero-order valence-electron chi connectivity index (χ0n) is 14.7. The van der Waals surface area contributed by atoms with Gasteiger partial charge in [0.05, 0.1) is 20.5 Å². The van der Waals surface area contributed by atoms with Gasteiger partial charge in [0, 0.05) is 18.7 Å². The first-order chi connectivity index (χ1) is 14.1. The molecule has 0 bridgehead atoms. The minimum absolute atomic E-state index is 0.0604. The van der Waals surface area contributed by atoms with Gasteiger partial charge in [-0.3, -0.25) is 0 Å². The molecule has 4 N–H and O–H groups in total. The molecule has 0 spiro atoms. The molecule has 3 aromatic rings. The van der Waals surface area contributed by atoms with E-state index in [1.165, 1.54) is 28.7 Å². The van der Waals surface area contributed by atoms with Crippen LogP contribution in [-0.2, 0) is 6.42 Å². The van der Waals surface area contributed by atoms with Crippen molar-refractivity contribution < 1.29 is 31.9 Å². The number of halogens is 6. The van der Waals surface area contributed by atoms with Gasteiger partial charge in [-0.2, -0.15) is 0 Å². The molecule has 0 atom stereocenters. The quantitative estimate of drug-likeness (QED) is 0.243. The normalized spacial score (nSPS) is 10.9. The number of benzene rings is 2. The Labute approximate surface area is 179 Å². The smallest absolute Gasteiger partial charge is 0.337 e. The van der Waals surface area contributed by atoms with Gasteiger partial charge in [-0.05, 0) is 51.9 Å². The summed E-state index contributed by atoms with van der Waals surface area (Å²) in [5.41, 5.74) is 2.48. The van der Waals surface area contributed by atoms with Crippen molar-refractivity contribution in [3.8, 4) is 0 Å². The number of carboxylic acids is 1. The Morgan fingerprint density at radius 3 is 2.40 bits per heavy atom. The molecule has 0 saturated carbocycles. The number of hydrogen-bond donors (Lipinski definition) is 3. The minimum Gasteiger partial charge on any atom is -0.478 e. The summed E-state index contributed by atoms with van der Waals surface area (Å²) in [6.45, 7) is 0. The number of nitrogens with two attached hydrogens (primary N) is 1. The van der Waals surface area contributed by atoms with Crippen molar-refractivity contribution in [2.75, 3.05) is 11.1 Å². The number of nitrogens with one attached hydrogen (secondary N) is 1. The number of pyridine rings is 1. The third-order valence-electron chi connectivity index (χ3n) is 4.16. The summed E-state index contributed by atoms with van der Waals surface area (Å²) in [4.78, 5) is 15.1. The number of nitrogen functional groups attached to an aromatic ring is 1. The Hall–Kier alpha value is -2.96. The van der Waals surface area contributed by atoms with Crippen molar-refractivity contribution in [3.63, 3.8) is 0 Å². The van der Waals surface area contributed by atoms with Gasteiger partial charge >= 0.3 is 5.97 Å². The van der Waals surface area contributed by atoms with Gasteiger partial charge in [0.1, 0.15) is 11.6 Å². The second-order valence-electron chi connectivity index (χ2n) is 6.11. The van der Waals surface area contributed by atoms with E-state index in [0.29, 0.717) is 6.07 Å². The SMILES string of the molecule is Nc1nccc(Cc2cc(C(=O)O)c(Nc3cc(F)c(I)cc3F)c(F)c2F)c1F. The van der Waals surface area contributed by atoms with Gasteiger partial charge in [-0.1, -0.05) is 0 Å². The van der Waals surface area contributed by atoms with Crippen molar-refractivity contribution in [1.82, 2.24) is 4.98 Å². The fourth-order valence-corrected chi connectivity index (χ4v) is 3.12. The molecular formula is C19H11F5IN3O2. The van der Waals surface area contributed by atoms with Crippen LogP contribution in [0.1, 0.15) is 21.5 Å². The van der Waals surface area contributed by atoms with E-state index in [0.717, 1.165) is 18.3 Å². The molecule has 0 unspecified atom stereocenters. The number of hydrogen-bond acceptors (Lipinski definition) is 4. The molecular weight excluding hydrogens is 524 g/mol. The summed E-state index contributed by atoms with van der Waals surface area (Å²) in [5.74, 6) is -8.06.